The molecule has 2 heteroatoms. The molecule has 0 saturated heterocycles. The minimum Gasteiger partial charge on any atom is -0.350 e. The fraction of sp³-hybridized carbons (Fsp3) is 0.650. The number of amides is 1. The number of nitrogens with one attached hydrogen (secondary N) is 1. The number of rotatable bonds is 3. The lowest BCUT2D eigenvalue weighted by molar-refractivity contribution is -0.128. The van der Waals surface area contributed by atoms with Gasteiger partial charge >= 0.3 is 0 Å². The Hall–Kier alpha value is -1.31. The van der Waals surface area contributed by atoms with E-state index in [2.05, 4.69) is 35.6 Å². The van der Waals surface area contributed by atoms with Gasteiger partial charge in [-0.3, -0.25) is 4.79 Å². The van der Waals surface area contributed by atoms with E-state index < -0.39 is 0 Å². The third-order valence-electron chi connectivity index (χ3n) is 6.78. The lowest BCUT2D eigenvalue weighted by Crippen LogP contribution is -2.60. The number of hydrogen-bond acceptors (Lipinski definition) is 1. The SMILES string of the molecule is O=C(NC12CC3CC(CC(C3)C1)C2)[C@H]1C[C@H]1c1ccccc1. The molecule has 22 heavy (non-hydrogen) atoms. The van der Waals surface area contributed by atoms with Gasteiger partial charge in [-0.25, -0.2) is 0 Å². The Balaban J connectivity index is 1.28. The van der Waals surface area contributed by atoms with Crippen LogP contribution in [-0.4, -0.2) is 11.4 Å². The standard InChI is InChI=1S/C20H25NO/c22-19(18-9-17(18)16-4-2-1-3-5-16)21-20-10-13-6-14(11-20)8-15(7-13)12-20/h1-5,13-15,17-18H,6-12H2,(H,21,22)/t13?,14?,15?,17-,18-,20?/m0/s1. The lowest BCUT2D eigenvalue weighted by atomic mass is 9.53. The summed E-state index contributed by atoms with van der Waals surface area (Å²) in [5, 5.41) is 3.55. The molecule has 1 aromatic rings. The second-order valence-corrected chi connectivity index (χ2v) is 8.55. The summed E-state index contributed by atoms with van der Waals surface area (Å²) in [7, 11) is 0. The van der Waals surface area contributed by atoms with Crippen LogP contribution in [0.25, 0.3) is 0 Å². The maximum atomic E-state index is 12.8. The topological polar surface area (TPSA) is 29.1 Å². The molecule has 5 aliphatic rings. The molecular formula is C20H25NO. The van der Waals surface area contributed by atoms with Gasteiger partial charge in [-0.05, 0) is 74.2 Å². The molecule has 5 saturated carbocycles. The summed E-state index contributed by atoms with van der Waals surface area (Å²) < 4.78 is 0. The maximum Gasteiger partial charge on any atom is 0.224 e. The van der Waals surface area contributed by atoms with Crippen molar-refractivity contribution in [2.75, 3.05) is 0 Å². The van der Waals surface area contributed by atoms with Crippen molar-refractivity contribution in [1.29, 1.82) is 0 Å². The van der Waals surface area contributed by atoms with Crippen LogP contribution in [0.15, 0.2) is 30.3 Å². The number of hydrogen-bond donors (Lipinski definition) is 1. The van der Waals surface area contributed by atoms with Crippen molar-refractivity contribution >= 4 is 5.91 Å². The first kappa shape index (κ1) is 13.2. The molecule has 0 heterocycles. The highest BCUT2D eigenvalue weighted by Crippen LogP contribution is 2.56. The molecule has 1 N–H and O–H groups in total. The molecule has 5 fully saturated rings. The Bertz CT molecular complexity index is 558. The van der Waals surface area contributed by atoms with Gasteiger partial charge < -0.3 is 5.32 Å². The number of carbonyl (C=O) groups is 1. The van der Waals surface area contributed by atoms with Crippen molar-refractivity contribution in [1.82, 2.24) is 5.32 Å². The van der Waals surface area contributed by atoms with E-state index in [1.807, 2.05) is 0 Å². The average molecular weight is 295 g/mol. The van der Waals surface area contributed by atoms with Crippen molar-refractivity contribution in [3.63, 3.8) is 0 Å². The van der Waals surface area contributed by atoms with E-state index in [1.54, 1.807) is 0 Å². The quantitative estimate of drug-likeness (QED) is 0.901. The van der Waals surface area contributed by atoms with Crippen molar-refractivity contribution in [3.8, 4) is 0 Å². The molecule has 1 aromatic carbocycles. The van der Waals surface area contributed by atoms with Crippen molar-refractivity contribution in [3.05, 3.63) is 35.9 Å². The van der Waals surface area contributed by atoms with Crippen molar-refractivity contribution < 1.29 is 4.79 Å². The summed E-state index contributed by atoms with van der Waals surface area (Å²) in [5.41, 5.74) is 1.52. The molecule has 5 aliphatic carbocycles. The summed E-state index contributed by atoms with van der Waals surface area (Å²) in [6, 6.07) is 10.6. The minimum absolute atomic E-state index is 0.176. The molecule has 1 amide bonds. The Morgan fingerprint density at radius 3 is 2.09 bits per heavy atom. The summed E-state index contributed by atoms with van der Waals surface area (Å²) in [6.45, 7) is 0. The third kappa shape index (κ3) is 2.11. The Morgan fingerprint density at radius 1 is 0.909 bits per heavy atom. The molecular weight excluding hydrogens is 270 g/mol. The summed E-state index contributed by atoms with van der Waals surface area (Å²) in [6.07, 6.45) is 9.12. The molecule has 0 unspecified atom stereocenters. The van der Waals surface area contributed by atoms with Gasteiger partial charge in [0.2, 0.25) is 5.91 Å². The molecule has 116 valence electrons. The predicted molar refractivity (Wildman–Crippen MR) is 86.3 cm³/mol. The van der Waals surface area contributed by atoms with E-state index in [9.17, 15) is 4.79 Å². The third-order valence-corrected chi connectivity index (χ3v) is 6.78. The van der Waals surface area contributed by atoms with Crippen LogP contribution < -0.4 is 5.32 Å². The molecule has 2 atom stereocenters. The first-order valence-corrected chi connectivity index (χ1v) is 9.08. The highest BCUT2D eigenvalue weighted by Gasteiger charge is 2.53. The Kier molecular flexibility index (Phi) is 2.75. The van der Waals surface area contributed by atoms with Gasteiger partial charge in [-0.15, -0.1) is 0 Å². The maximum absolute atomic E-state index is 12.8. The van der Waals surface area contributed by atoms with E-state index >= 15 is 0 Å². The Morgan fingerprint density at radius 2 is 1.50 bits per heavy atom. The van der Waals surface area contributed by atoms with E-state index in [4.69, 9.17) is 0 Å². The second-order valence-electron chi connectivity index (χ2n) is 8.55. The minimum atomic E-state index is 0.176. The van der Waals surface area contributed by atoms with Gasteiger partial charge in [0.05, 0.1) is 0 Å². The fourth-order valence-electron chi connectivity index (χ4n) is 6.17. The summed E-state index contributed by atoms with van der Waals surface area (Å²) >= 11 is 0. The Labute approximate surface area is 132 Å². The van der Waals surface area contributed by atoms with E-state index in [-0.39, 0.29) is 11.5 Å². The van der Waals surface area contributed by atoms with Gasteiger partial charge in [0.25, 0.3) is 0 Å². The molecule has 0 aromatic heterocycles. The first-order chi connectivity index (χ1) is 10.7. The number of benzene rings is 1. The zero-order valence-electron chi connectivity index (χ0n) is 13.1. The summed E-state index contributed by atoms with van der Waals surface area (Å²) in [5.74, 6) is 3.74. The van der Waals surface area contributed by atoms with Gasteiger partial charge in [0.15, 0.2) is 0 Å². The highest BCUT2D eigenvalue weighted by molar-refractivity contribution is 5.83. The van der Waals surface area contributed by atoms with Gasteiger partial charge in [-0.2, -0.15) is 0 Å². The van der Waals surface area contributed by atoms with Crippen LogP contribution in [0.4, 0.5) is 0 Å². The van der Waals surface area contributed by atoms with Crippen LogP contribution in [0.3, 0.4) is 0 Å². The smallest absolute Gasteiger partial charge is 0.224 e. The normalized spacial score (nSPS) is 44.8. The molecule has 0 aliphatic heterocycles. The largest absolute Gasteiger partial charge is 0.350 e. The zero-order chi connectivity index (χ0) is 14.7. The zero-order valence-corrected chi connectivity index (χ0v) is 13.1. The van der Waals surface area contributed by atoms with E-state index in [0.717, 1.165) is 24.2 Å². The second kappa shape index (κ2) is 4.59. The number of carbonyl (C=O) groups excluding carboxylic acids is 1. The van der Waals surface area contributed by atoms with Crippen molar-refractivity contribution in [2.24, 2.45) is 23.7 Å². The molecule has 6 rings (SSSR count). The monoisotopic (exact) mass is 295 g/mol. The highest BCUT2D eigenvalue weighted by atomic mass is 16.2. The molecule has 2 nitrogen and oxygen atoms in total. The summed E-state index contributed by atoms with van der Waals surface area (Å²) in [4.78, 5) is 12.8. The van der Waals surface area contributed by atoms with Gasteiger partial charge in [0, 0.05) is 11.5 Å². The van der Waals surface area contributed by atoms with Crippen LogP contribution in [0, 0.1) is 23.7 Å². The van der Waals surface area contributed by atoms with Crippen LogP contribution in [0.2, 0.25) is 0 Å². The van der Waals surface area contributed by atoms with Crippen molar-refractivity contribution in [2.45, 2.75) is 56.4 Å². The van der Waals surface area contributed by atoms with E-state index in [1.165, 1.54) is 44.1 Å². The molecule has 4 bridgehead atoms. The fourth-order valence-corrected chi connectivity index (χ4v) is 6.17. The van der Waals surface area contributed by atoms with Crippen LogP contribution in [-0.2, 0) is 4.79 Å². The van der Waals surface area contributed by atoms with Crippen LogP contribution in [0.5, 0.6) is 0 Å². The van der Waals surface area contributed by atoms with Gasteiger partial charge in [-0.1, -0.05) is 30.3 Å². The molecule has 0 radical (unpaired) electrons. The average Bonchev–Trinajstić information content (AvgIpc) is 3.26. The molecule has 0 spiro atoms. The lowest BCUT2D eigenvalue weighted by Gasteiger charge is -2.57. The van der Waals surface area contributed by atoms with Gasteiger partial charge in [0.1, 0.15) is 0 Å². The van der Waals surface area contributed by atoms with Crippen LogP contribution >= 0.6 is 0 Å². The first-order valence-electron chi connectivity index (χ1n) is 9.08. The van der Waals surface area contributed by atoms with Crippen LogP contribution in [0.1, 0.15) is 56.4 Å². The van der Waals surface area contributed by atoms with E-state index in [0.29, 0.717) is 11.8 Å². The predicted octanol–water partition coefficient (Wildman–Crippen LogP) is 3.88.